The lowest BCUT2D eigenvalue weighted by Crippen LogP contribution is -2.40. The summed E-state index contributed by atoms with van der Waals surface area (Å²) < 4.78 is 43.0. The van der Waals surface area contributed by atoms with Crippen LogP contribution in [0.5, 0.6) is 0 Å². The highest BCUT2D eigenvalue weighted by Crippen LogP contribution is 2.18. The van der Waals surface area contributed by atoms with Crippen molar-refractivity contribution in [3.05, 3.63) is 30.1 Å². The number of hydrogen-bond acceptors (Lipinski definition) is 4. The van der Waals surface area contributed by atoms with Gasteiger partial charge in [-0.15, -0.1) is 0 Å². The van der Waals surface area contributed by atoms with E-state index in [2.05, 4.69) is 4.74 Å². The van der Waals surface area contributed by atoms with E-state index in [0.29, 0.717) is 0 Å². The normalized spacial score (nSPS) is 11.9. The second kappa shape index (κ2) is 6.12. The van der Waals surface area contributed by atoms with Gasteiger partial charge in [0.25, 0.3) is 0 Å². The highest BCUT2D eigenvalue weighted by atomic mass is 32.2. The van der Waals surface area contributed by atoms with Crippen molar-refractivity contribution < 1.29 is 22.3 Å². The van der Waals surface area contributed by atoms with Crippen LogP contribution in [-0.2, 0) is 19.6 Å². The number of methoxy groups -OCH3 is 1. The van der Waals surface area contributed by atoms with Crippen LogP contribution in [0.3, 0.4) is 0 Å². The van der Waals surface area contributed by atoms with Crippen molar-refractivity contribution >= 4 is 16.0 Å². The molecule has 0 radical (unpaired) electrons. The van der Waals surface area contributed by atoms with Crippen molar-refractivity contribution in [2.75, 3.05) is 13.7 Å². The summed E-state index contributed by atoms with van der Waals surface area (Å²) in [6.07, 6.45) is 0. The molecule has 0 fully saturated rings. The first kappa shape index (κ1) is 15.6. The van der Waals surface area contributed by atoms with Crippen molar-refractivity contribution in [3.63, 3.8) is 0 Å². The summed E-state index contributed by atoms with van der Waals surface area (Å²) in [6.45, 7) is 2.90. The number of ether oxygens (including phenoxy) is 1. The van der Waals surface area contributed by atoms with Crippen LogP contribution in [0, 0.1) is 5.82 Å². The Morgan fingerprint density at radius 3 is 2.26 bits per heavy atom. The summed E-state index contributed by atoms with van der Waals surface area (Å²) >= 11 is 0. The second-order valence-electron chi connectivity index (χ2n) is 4.17. The monoisotopic (exact) mass is 289 g/mol. The number of hydrogen-bond donors (Lipinski definition) is 0. The van der Waals surface area contributed by atoms with Gasteiger partial charge in [-0.1, -0.05) is 0 Å². The van der Waals surface area contributed by atoms with Crippen LogP contribution < -0.4 is 0 Å². The molecule has 1 aromatic carbocycles. The van der Waals surface area contributed by atoms with E-state index < -0.39 is 27.9 Å². The van der Waals surface area contributed by atoms with Gasteiger partial charge in [0.15, 0.2) is 0 Å². The Kier molecular flexibility index (Phi) is 5.02. The van der Waals surface area contributed by atoms with Gasteiger partial charge < -0.3 is 4.74 Å². The summed E-state index contributed by atoms with van der Waals surface area (Å²) in [6, 6.07) is 4.02. The molecular weight excluding hydrogens is 273 g/mol. The van der Waals surface area contributed by atoms with E-state index in [4.69, 9.17) is 0 Å². The average Bonchev–Trinajstić information content (AvgIpc) is 2.35. The van der Waals surface area contributed by atoms with Gasteiger partial charge in [-0.3, -0.25) is 4.79 Å². The van der Waals surface area contributed by atoms with Crippen molar-refractivity contribution in [2.45, 2.75) is 24.8 Å². The topological polar surface area (TPSA) is 63.7 Å². The minimum atomic E-state index is -3.86. The minimum absolute atomic E-state index is 0.0634. The summed E-state index contributed by atoms with van der Waals surface area (Å²) in [7, 11) is -2.67. The van der Waals surface area contributed by atoms with Gasteiger partial charge in [0.1, 0.15) is 12.4 Å². The van der Waals surface area contributed by atoms with E-state index >= 15 is 0 Å². The smallest absolute Gasteiger partial charge is 0.321 e. The maximum Gasteiger partial charge on any atom is 0.321 e. The third-order valence-electron chi connectivity index (χ3n) is 2.51. The summed E-state index contributed by atoms with van der Waals surface area (Å²) in [5.74, 6) is -1.18. The molecule has 0 N–H and O–H groups in total. The van der Waals surface area contributed by atoms with Gasteiger partial charge >= 0.3 is 5.97 Å². The molecule has 1 aromatic rings. The molecule has 0 amide bonds. The molecule has 5 nitrogen and oxygen atoms in total. The number of carbonyl (C=O) groups excluding carboxylic acids is 1. The zero-order valence-electron chi connectivity index (χ0n) is 11.0. The van der Waals surface area contributed by atoms with E-state index in [9.17, 15) is 17.6 Å². The quantitative estimate of drug-likeness (QED) is 0.769. The number of benzene rings is 1. The lowest BCUT2D eigenvalue weighted by Gasteiger charge is -2.24. The lowest BCUT2D eigenvalue weighted by molar-refractivity contribution is -0.141. The highest BCUT2D eigenvalue weighted by Gasteiger charge is 2.29. The van der Waals surface area contributed by atoms with Gasteiger partial charge in [-0.05, 0) is 38.1 Å². The summed E-state index contributed by atoms with van der Waals surface area (Å²) in [5, 5.41) is 0. The van der Waals surface area contributed by atoms with Gasteiger partial charge in [0.2, 0.25) is 10.0 Å². The SMILES string of the molecule is COC(=O)CN(C(C)C)S(=O)(=O)c1ccc(F)cc1. The van der Waals surface area contributed by atoms with Gasteiger partial charge in [0, 0.05) is 6.04 Å². The van der Waals surface area contributed by atoms with Crippen LogP contribution >= 0.6 is 0 Å². The molecule has 0 spiro atoms. The Balaban J connectivity index is 3.13. The predicted octanol–water partition coefficient (Wildman–Crippen LogP) is 1.40. The van der Waals surface area contributed by atoms with Crippen LogP contribution in [0.2, 0.25) is 0 Å². The first-order valence-electron chi connectivity index (χ1n) is 5.63. The van der Waals surface area contributed by atoms with E-state index in [1.54, 1.807) is 13.8 Å². The molecule has 1 rings (SSSR count). The van der Waals surface area contributed by atoms with Gasteiger partial charge in [-0.2, -0.15) is 4.31 Å². The van der Waals surface area contributed by atoms with Crippen LogP contribution in [0.4, 0.5) is 4.39 Å². The first-order chi connectivity index (χ1) is 8.78. The maximum absolute atomic E-state index is 12.8. The zero-order valence-corrected chi connectivity index (χ0v) is 11.8. The molecule has 0 saturated heterocycles. The second-order valence-corrected chi connectivity index (χ2v) is 6.06. The Morgan fingerprint density at radius 2 is 1.84 bits per heavy atom. The Labute approximate surface area is 112 Å². The zero-order chi connectivity index (χ0) is 14.6. The third-order valence-corrected chi connectivity index (χ3v) is 4.54. The molecular formula is C12H16FNO4S. The predicted molar refractivity (Wildman–Crippen MR) is 67.4 cm³/mol. The van der Waals surface area contributed by atoms with Gasteiger partial charge in [-0.25, -0.2) is 12.8 Å². The van der Waals surface area contributed by atoms with Crippen LogP contribution in [0.15, 0.2) is 29.2 Å². The summed E-state index contributed by atoms with van der Waals surface area (Å²) in [4.78, 5) is 11.2. The van der Waals surface area contributed by atoms with Gasteiger partial charge in [0.05, 0.1) is 12.0 Å². The average molecular weight is 289 g/mol. The standard InChI is InChI=1S/C12H16FNO4S/c1-9(2)14(8-12(15)18-3)19(16,17)11-6-4-10(13)5-7-11/h4-7,9H,8H2,1-3H3. The number of rotatable bonds is 5. The fourth-order valence-electron chi connectivity index (χ4n) is 1.48. The molecule has 0 saturated carbocycles. The molecule has 0 heterocycles. The van der Waals surface area contributed by atoms with Crippen LogP contribution in [0.25, 0.3) is 0 Å². The highest BCUT2D eigenvalue weighted by molar-refractivity contribution is 7.89. The molecule has 0 aromatic heterocycles. The van der Waals surface area contributed by atoms with Crippen LogP contribution in [0.1, 0.15) is 13.8 Å². The Hall–Kier alpha value is -1.47. The molecule has 0 aliphatic carbocycles. The molecule has 106 valence electrons. The van der Waals surface area contributed by atoms with Crippen molar-refractivity contribution in [3.8, 4) is 0 Å². The van der Waals surface area contributed by atoms with Crippen molar-refractivity contribution in [1.82, 2.24) is 4.31 Å². The Bertz CT molecular complexity index is 539. The number of halogens is 1. The van der Waals surface area contributed by atoms with E-state index in [0.717, 1.165) is 28.6 Å². The van der Waals surface area contributed by atoms with E-state index in [1.807, 2.05) is 0 Å². The molecule has 0 atom stereocenters. The molecule has 0 aliphatic rings. The number of nitrogens with zero attached hydrogens (tertiary/aromatic N) is 1. The third kappa shape index (κ3) is 3.74. The fourth-order valence-corrected chi connectivity index (χ4v) is 3.06. The number of sulfonamides is 1. The first-order valence-corrected chi connectivity index (χ1v) is 7.07. The molecule has 0 bridgehead atoms. The number of carbonyl (C=O) groups is 1. The van der Waals surface area contributed by atoms with Crippen molar-refractivity contribution in [1.29, 1.82) is 0 Å². The number of esters is 1. The lowest BCUT2D eigenvalue weighted by atomic mass is 10.4. The maximum atomic E-state index is 12.8. The largest absolute Gasteiger partial charge is 0.468 e. The molecule has 0 aliphatic heterocycles. The minimum Gasteiger partial charge on any atom is -0.468 e. The summed E-state index contributed by atoms with van der Waals surface area (Å²) in [5.41, 5.74) is 0. The van der Waals surface area contributed by atoms with E-state index in [1.165, 1.54) is 7.11 Å². The van der Waals surface area contributed by atoms with Crippen LogP contribution in [-0.4, -0.2) is 38.4 Å². The molecule has 7 heteroatoms. The fraction of sp³-hybridized carbons (Fsp3) is 0.417. The molecule has 0 unspecified atom stereocenters. The van der Waals surface area contributed by atoms with E-state index in [-0.39, 0.29) is 11.4 Å². The van der Waals surface area contributed by atoms with Crippen molar-refractivity contribution in [2.24, 2.45) is 0 Å². The molecule has 19 heavy (non-hydrogen) atoms. The Morgan fingerprint density at radius 1 is 1.32 bits per heavy atom.